The molecule has 0 aromatic heterocycles. The highest BCUT2D eigenvalue weighted by Crippen LogP contribution is 2.47. The van der Waals surface area contributed by atoms with E-state index in [0.29, 0.717) is 6.61 Å². The van der Waals surface area contributed by atoms with Crippen LogP contribution in [0.25, 0.3) is 0 Å². The standard InChI is InChI=1S/C12H13N3O2/c1-12-11-9(8(6-13)7-14)2-3-10(17-11)15(12)4-5-16-12/h10-11H,2-5H2,1H3/t10-,11+,12?/m1/s1. The number of ether oxygens (including phenoxy) is 2. The van der Waals surface area contributed by atoms with Crippen molar-refractivity contribution in [3.8, 4) is 12.1 Å². The van der Waals surface area contributed by atoms with Gasteiger partial charge < -0.3 is 9.47 Å². The van der Waals surface area contributed by atoms with Gasteiger partial charge in [-0.3, -0.25) is 0 Å². The molecule has 0 N–H and O–H groups in total. The Kier molecular flexibility index (Phi) is 2.24. The van der Waals surface area contributed by atoms with Gasteiger partial charge in [0.1, 0.15) is 30.0 Å². The van der Waals surface area contributed by atoms with Gasteiger partial charge in [0.25, 0.3) is 0 Å². The zero-order valence-electron chi connectivity index (χ0n) is 9.64. The molecule has 0 saturated carbocycles. The van der Waals surface area contributed by atoms with E-state index in [4.69, 9.17) is 20.0 Å². The van der Waals surface area contributed by atoms with Crippen molar-refractivity contribution in [2.24, 2.45) is 0 Å². The van der Waals surface area contributed by atoms with Gasteiger partial charge in [-0.05, 0) is 25.3 Å². The number of rotatable bonds is 0. The Morgan fingerprint density at radius 2 is 2.24 bits per heavy atom. The first-order valence-corrected chi connectivity index (χ1v) is 5.80. The van der Waals surface area contributed by atoms with Gasteiger partial charge in [0, 0.05) is 6.54 Å². The minimum atomic E-state index is -0.491. The van der Waals surface area contributed by atoms with E-state index >= 15 is 0 Å². The van der Waals surface area contributed by atoms with Crippen molar-refractivity contribution < 1.29 is 9.47 Å². The molecule has 5 heteroatoms. The Morgan fingerprint density at radius 3 is 2.94 bits per heavy atom. The molecule has 88 valence electrons. The average Bonchev–Trinajstić information content (AvgIpc) is 2.82. The summed E-state index contributed by atoms with van der Waals surface area (Å²) in [5, 5.41) is 18.0. The van der Waals surface area contributed by atoms with Crippen molar-refractivity contribution in [2.75, 3.05) is 13.2 Å². The maximum Gasteiger partial charge on any atom is 0.151 e. The van der Waals surface area contributed by atoms with Gasteiger partial charge in [0.2, 0.25) is 0 Å². The van der Waals surface area contributed by atoms with Crippen LogP contribution in [0, 0.1) is 22.7 Å². The quantitative estimate of drug-likeness (QED) is 0.579. The lowest BCUT2D eigenvalue weighted by Gasteiger charge is -2.30. The molecular formula is C12H13N3O2. The maximum atomic E-state index is 8.99. The van der Waals surface area contributed by atoms with Crippen LogP contribution in [0.15, 0.2) is 11.1 Å². The Morgan fingerprint density at radius 1 is 1.47 bits per heavy atom. The zero-order chi connectivity index (χ0) is 12.0. The van der Waals surface area contributed by atoms with Gasteiger partial charge >= 0.3 is 0 Å². The van der Waals surface area contributed by atoms with Crippen LogP contribution in [-0.2, 0) is 9.47 Å². The molecule has 5 nitrogen and oxygen atoms in total. The summed E-state index contributed by atoms with van der Waals surface area (Å²) in [7, 11) is 0. The molecule has 17 heavy (non-hydrogen) atoms. The molecule has 3 rings (SSSR count). The van der Waals surface area contributed by atoms with Gasteiger partial charge in [0.15, 0.2) is 5.72 Å². The minimum Gasteiger partial charge on any atom is -0.356 e. The predicted octanol–water partition coefficient (Wildman–Crippen LogP) is 0.897. The SMILES string of the molecule is CC12OCCN1[C@H]1CCC(=C(C#N)C#N)[C@@H]2O1. The van der Waals surface area contributed by atoms with Crippen molar-refractivity contribution in [1.82, 2.24) is 4.90 Å². The van der Waals surface area contributed by atoms with Crippen LogP contribution in [-0.4, -0.2) is 36.1 Å². The average molecular weight is 231 g/mol. The second-order valence-corrected chi connectivity index (χ2v) is 4.73. The number of nitriles is 2. The third-order valence-electron chi connectivity index (χ3n) is 3.95. The summed E-state index contributed by atoms with van der Waals surface area (Å²) in [6, 6.07) is 3.93. The molecule has 3 heterocycles. The fourth-order valence-electron chi connectivity index (χ4n) is 3.13. The number of hydrogen-bond acceptors (Lipinski definition) is 5. The van der Waals surface area contributed by atoms with E-state index < -0.39 is 5.72 Å². The lowest BCUT2D eigenvalue weighted by Crippen LogP contribution is -2.45. The summed E-state index contributed by atoms with van der Waals surface area (Å²) in [6.07, 6.45) is 1.40. The Hall–Kier alpha value is -1.40. The number of nitrogens with zero attached hydrogens (tertiary/aromatic N) is 3. The fourth-order valence-corrected chi connectivity index (χ4v) is 3.13. The van der Waals surface area contributed by atoms with Crippen LogP contribution < -0.4 is 0 Å². The van der Waals surface area contributed by atoms with Crippen LogP contribution in [0.4, 0.5) is 0 Å². The lowest BCUT2D eigenvalue weighted by atomic mass is 9.93. The minimum absolute atomic E-state index is 0.0786. The fraction of sp³-hybridized carbons (Fsp3) is 0.667. The summed E-state index contributed by atoms with van der Waals surface area (Å²) >= 11 is 0. The summed E-state index contributed by atoms with van der Waals surface area (Å²) in [4.78, 5) is 2.21. The van der Waals surface area contributed by atoms with E-state index in [1.165, 1.54) is 0 Å². The topological polar surface area (TPSA) is 69.3 Å². The molecular weight excluding hydrogens is 218 g/mol. The zero-order valence-corrected chi connectivity index (χ0v) is 9.64. The van der Waals surface area contributed by atoms with Crippen LogP contribution >= 0.6 is 0 Å². The van der Waals surface area contributed by atoms with Crippen LogP contribution in [0.3, 0.4) is 0 Å². The monoisotopic (exact) mass is 231 g/mol. The summed E-state index contributed by atoms with van der Waals surface area (Å²) in [5.74, 6) is 0. The van der Waals surface area contributed by atoms with Crippen LogP contribution in [0.1, 0.15) is 19.8 Å². The Labute approximate surface area is 99.8 Å². The lowest BCUT2D eigenvalue weighted by molar-refractivity contribution is -0.0675. The van der Waals surface area contributed by atoms with E-state index in [1.807, 2.05) is 19.1 Å². The number of hydrogen-bond donors (Lipinski definition) is 0. The molecule has 3 saturated heterocycles. The number of fused-ring (bicyclic) bond motifs is 5. The molecule has 0 aliphatic carbocycles. The smallest absolute Gasteiger partial charge is 0.151 e. The largest absolute Gasteiger partial charge is 0.356 e. The highest BCUT2D eigenvalue weighted by molar-refractivity contribution is 5.44. The second-order valence-electron chi connectivity index (χ2n) is 4.73. The predicted molar refractivity (Wildman–Crippen MR) is 57.2 cm³/mol. The highest BCUT2D eigenvalue weighted by Gasteiger charge is 2.58. The molecule has 3 aliphatic heterocycles. The van der Waals surface area contributed by atoms with Crippen molar-refractivity contribution >= 4 is 0 Å². The van der Waals surface area contributed by atoms with Crippen molar-refractivity contribution in [2.45, 2.75) is 37.8 Å². The molecule has 0 radical (unpaired) electrons. The third-order valence-corrected chi connectivity index (χ3v) is 3.95. The van der Waals surface area contributed by atoms with E-state index in [9.17, 15) is 0 Å². The van der Waals surface area contributed by atoms with Crippen molar-refractivity contribution in [3.63, 3.8) is 0 Å². The van der Waals surface area contributed by atoms with Gasteiger partial charge in [-0.25, -0.2) is 4.90 Å². The van der Waals surface area contributed by atoms with E-state index in [2.05, 4.69) is 4.90 Å². The van der Waals surface area contributed by atoms with E-state index in [1.54, 1.807) is 0 Å². The van der Waals surface area contributed by atoms with Gasteiger partial charge in [0.05, 0.1) is 6.61 Å². The molecule has 3 aliphatic rings. The second kappa shape index (κ2) is 3.54. The highest BCUT2D eigenvalue weighted by atomic mass is 16.6. The summed E-state index contributed by atoms with van der Waals surface area (Å²) < 4.78 is 11.7. The van der Waals surface area contributed by atoms with Gasteiger partial charge in [-0.2, -0.15) is 10.5 Å². The van der Waals surface area contributed by atoms with Crippen molar-refractivity contribution in [3.05, 3.63) is 11.1 Å². The van der Waals surface area contributed by atoms with Gasteiger partial charge in [-0.15, -0.1) is 0 Å². The molecule has 3 atom stereocenters. The molecule has 2 bridgehead atoms. The first kappa shape index (κ1) is 10.7. The van der Waals surface area contributed by atoms with E-state index in [0.717, 1.165) is 25.0 Å². The van der Waals surface area contributed by atoms with Crippen LogP contribution in [0.5, 0.6) is 0 Å². The summed E-state index contributed by atoms with van der Waals surface area (Å²) in [5.41, 5.74) is 0.500. The molecule has 3 fully saturated rings. The van der Waals surface area contributed by atoms with Crippen LogP contribution in [0.2, 0.25) is 0 Å². The molecule has 0 amide bonds. The molecule has 1 unspecified atom stereocenters. The van der Waals surface area contributed by atoms with Gasteiger partial charge in [-0.1, -0.05) is 0 Å². The normalized spacial score (nSPS) is 39.6. The van der Waals surface area contributed by atoms with Crippen molar-refractivity contribution in [1.29, 1.82) is 10.5 Å². The molecule has 0 spiro atoms. The summed E-state index contributed by atoms with van der Waals surface area (Å²) in [6.45, 7) is 3.54. The maximum absolute atomic E-state index is 8.99. The Balaban J connectivity index is 2.06. The van der Waals surface area contributed by atoms with E-state index in [-0.39, 0.29) is 17.9 Å². The first-order chi connectivity index (χ1) is 8.20. The molecule has 0 aromatic rings. The first-order valence-electron chi connectivity index (χ1n) is 5.80. The third kappa shape index (κ3) is 1.28. The molecule has 0 aromatic carbocycles. The Bertz CT molecular complexity index is 457. The number of allylic oxidation sites excluding steroid dienone is 1.